The highest BCUT2D eigenvalue weighted by molar-refractivity contribution is 5.66. The molecular weight excluding hydrogens is 384 g/mol. The van der Waals surface area contributed by atoms with Gasteiger partial charge in [-0.25, -0.2) is 0 Å². The van der Waals surface area contributed by atoms with Crippen molar-refractivity contribution in [2.75, 3.05) is 13.2 Å². The summed E-state index contributed by atoms with van der Waals surface area (Å²) in [5.41, 5.74) is 1.66. The van der Waals surface area contributed by atoms with Crippen LogP contribution >= 0.6 is 0 Å². The first kappa shape index (κ1) is 26.4. The second-order valence-electron chi connectivity index (χ2n) is 8.86. The van der Waals surface area contributed by atoms with Crippen molar-refractivity contribution in [3.8, 4) is 0 Å². The van der Waals surface area contributed by atoms with Gasteiger partial charge in [-0.1, -0.05) is 25.0 Å². The van der Waals surface area contributed by atoms with Crippen molar-refractivity contribution >= 4 is 11.9 Å². The zero-order valence-corrected chi connectivity index (χ0v) is 19.5. The first-order chi connectivity index (χ1) is 14.0. The number of aliphatic hydroxyl groups excluding tert-OH is 1. The summed E-state index contributed by atoms with van der Waals surface area (Å²) < 4.78 is 16.8. The van der Waals surface area contributed by atoms with E-state index in [1.807, 2.05) is 26.8 Å². The quantitative estimate of drug-likeness (QED) is 0.411. The summed E-state index contributed by atoms with van der Waals surface area (Å²) in [5.74, 6) is -0.445. The van der Waals surface area contributed by atoms with Crippen molar-refractivity contribution in [3.05, 3.63) is 23.3 Å². The fraction of sp³-hybridized carbons (Fsp3) is 0.750. The van der Waals surface area contributed by atoms with Gasteiger partial charge in [-0.15, -0.1) is 0 Å². The number of esters is 2. The highest BCUT2D eigenvalue weighted by Crippen LogP contribution is 2.34. The summed E-state index contributed by atoms with van der Waals surface area (Å²) >= 11 is 0. The van der Waals surface area contributed by atoms with Gasteiger partial charge in [0.15, 0.2) is 0 Å². The molecule has 0 spiro atoms. The molecule has 0 bridgehead atoms. The molecule has 1 saturated heterocycles. The minimum Gasteiger partial charge on any atom is -0.462 e. The Morgan fingerprint density at radius 3 is 2.57 bits per heavy atom. The van der Waals surface area contributed by atoms with Crippen molar-refractivity contribution < 1.29 is 28.9 Å². The fourth-order valence-corrected chi connectivity index (χ4v) is 3.66. The molecule has 0 saturated carbocycles. The predicted octanol–water partition coefficient (Wildman–Crippen LogP) is 4.50. The lowest BCUT2D eigenvalue weighted by Gasteiger charge is -2.35. The molecule has 1 aliphatic rings. The third kappa shape index (κ3) is 9.90. The zero-order valence-electron chi connectivity index (χ0n) is 19.5. The Bertz CT molecular complexity index is 619. The van der Waals surface area contributed by atoms with Gasteiger partial charge in [0.2, 0.25) is 0 Å². The van der Waals surface area contributed by atoms with Crippen LogP contribution in [-0.2, 0) is 23.8 Å². The van der Waals surface area contributed by atoms with Gasteiger partial charge < -0.3 is 19.3 Å². The molecule has 0 aromatic carbocycles. The molecular formula is C24H40O6. The van der Waals surface area contributed by atoms with E-state index in [-0.39, 0.29) is 36.7 Å². The number of hydrogen-bond acceptors (Lipinski definition) is 6. The van der Waals surface area contributed by atoms with Gasteiger partial charge in [-0.2, -0.15) is 0 Å². The second kappa shape index (κ2) is 12.9. The molecule has 0 aromatic rings. The molecule has 0 aromatic heterocycles. The van der Waals surface area contributed by atoms with Crippen LogP contribution in [0.1, 0.15) is 80.1 Å². The van der Waals surface area contributed by atoms with E-state index in [0.29, 0.717) is 19.4 Å². The van der Waals surface area contributed by atoms with Crippen LogP contribution in [0.25, 0.3) is 0 Å². The predicted molar refractivity (Wildman–Crippen MR) is 117 cm³/mol. The molecule has 30 heavy (non-hydrogen) atoms. The molecule has 6 heteroatoms. The summed E-state index contributed by atoms with van der Waals surface area (Å²) in [4.78, 5) is 22.6. The first-order valence-electron chi connectivity index (χ1n) is 11.0. The minimum atomic E-state index is -0.590. The molecule has 4 atom stereocenters. The van der Waals surface area contributed by atoms with Crippen LogP contribution < -0.4 is 0 Å². The largest absolute Gasteiger partial charge is 0.462 e. The van der Waals surface area contributed by atoms with Gasteiger partial charge in [0.05, 0.1) is 12.7 Å². The Kier molecular flexibility index (Phi) is 11.3. The standard InChI is InChI=1S/C24H40O6/c1-17(2)9-11-22(27)18(3)8-7-14-24(6)23(30-20(5)26)12-10-21(16-29-24)13-15-28-19(4)25/h9,13,18,22-23,27H,7-8,10-12,14-16H2,1-6H3/b21-13+/t18?,22?,23-,24+/m1/s1. The van der Waals surface area contributed by atoms with Crippen LogP contribution in [0.3, 0.4) is 0 Å². The highest BCUT2D eigenvalue weighted by atomic mass is 16.6. The zero-order chi connectivity index (χ0) is 22.7. The molecule has 0 aliphatic carbocycles. The molecule has 0 radical (unpaired) electrons. The summed E-state index contributed by atoms with van der Waals surface area (Å²) in [5, 5.41) is 10.4. The lowest BCUT2D eigenvalue weighted by Crippen LogP contribution is -2.43. The Hall–Kier alpha value is -1.66. The second-order valence-corrected chi connectivity index (χ2v) is 8.86. The van der Waals surface area contributed by atoms with Crippen molar-refractivity contribution in [1.82, 2.24) is 0 Å². The van der Waals surface area contributed by atoms with E-state index >= 15 is 0 Å². The van der Waals surface area contributed by atoms with E-state index in [2.05, 4.69) is 13.0 Å². The van der Waals surface area contributed by atoms with Crippen molar-refractivity contribution in [3.63, 3.8) is 0 Å². The SMILES string of the molecule is CC(=O)OC/C=C1\CC[C@@H](OC(C)=O)[C@](C)(CCCC(C)C(O)CC=C(C)C)OC1. The summed E-state index contributed by atoms with van der Waals surface area (Å²) in [6, 6.07) is 0. The van der Waals surface area contributed by atoms with E-state index in [1.165, 1.54) is 19.4 Å². The molecule has 1 N–H and O–H groups in total. The number of allylic oxidation sites excluding steroid dienone is 1. The minimum absolute atomic E-state index is 0.182. The molecule has 2 unspecified atom stereocenters. The number of carbonyl (C=O) groups excluding carboxylic acids is 2. The van der Waals surface area contributed by atoms with Crippen LogP contribution in [0.15, 0.2) is 23.3 Å². The van der Waals surface area contributed by atoms with E-state index in [9.17, 15) is 14.7 Å². The van der Waals surface area contributed by atoms with Crippen LogP contribution in [-0.4, -0.2) is 48.1 Å². The Balaban J connectivity index is 2.70. The van der Waals surface area contributed by atoms with Crippen molar-refractivity contribution in [1.29, 1.82) is 0 Å². The first-order valence-corrected chi connectivity index (χ1v) is 11.0. The van der Waals surface area contributed by atoms with Crippen molar-refractivity contribution in [2.24, 2.45) is 5.92 Å². The van der Waals surface area contributed by atoms with E-state index < -0.39 is 5.60 Å². The monoisotopic (exact) mass is 424 g/mol. The van der Waals surface area contributed by atoms with Gasteiger partial charge in [-0.3, -0.25) is 9.59 Å². The van der Waals surface area contributed by atoms with Crippen LogP contribution in [0.4, 0.5) is 0 Å². The Labute approximate surface area is 181 Å². The maximum absolute atomic E-state index is 11.7. The number of ether oxygens (including phenoxy) is 3. The number of carbonyl (C=O) groups is 2. The average molecular weight is 425 g/mol. The van der Waals surface area contributed by atoms with E-state index in [0.717, 1.165) is 31.3 Å². The molecule has 1 rings (SSSR count). The van der Waals surface area contributed by atoms with Crippen LogP contribution in [0.5, 0.6) is 0 Å². The van der Waals surface area contributed by atoms with Gasteiger partial charge in [-0.05, 0) is 70.4 Å². The maximum atomic E-state index is 11.7. The number of hydrogen-bond donors (Lipinski definition) is 1. The lowest BCUT2D eigenvalue weighted by molar-refractivity contribution is -0.167. The summed E-state index contributed by atoms with van der Waals surface area (Å²) in [6.45, 7) is 11.6. The molecule has 1 aliphatic heterocycles. The van der Waals surface area contributed by atoms with Gasteiger partial charge in [0.1, 0.15) is 18.3 Å². The molecule has 1 fully saturated rings. The highest BCUT2D eigenvalue weighted by Gasteiger charge is 2.39. The third-order valence-electron chi connectivity index (χ3n) is 5.72. The van der Waals surface area contributed by atoms with Crippen molar-refractivity contribution in [2.45, 2.75) is 97.9 Å². The van der Waals surface area contributed by atoms with Gasteiger partial charge in [0.25, 0.3) is 0 Å². The smallest absolute Gasteiger partial charge is 0.303 e. The molecule has 6 nitrogen and oxygen atoms in total. The topological polar surface area (TPSA) is 82.1 Å². The third-order valence-corrected chi connectivity index (χ3v) is 5.72. The summed E-state index contributed by atoms with van der Waals surface area (Å²) in [6.07, 6.45) is 7.80. The molecule has 172 valence electrons. The Morgan fingerprint density at radius 2 is 1.97 bits per heavy atom. The van der Waals surface area contributed by atoms with E-state index in [4.69, 9.17) is 14.2 Å². The Morgan fingerprint density at radius 1 is 1.27 bits per heavy atom. The normalized spacial score (nSPS) is 25.2. The fourth-order valence-electron chi connectivity index (χ4n) is 3.66. The van der Waals surface area contributed by atoms with Crippen LogP contribution in [0.2, 0.25) is 0 Å². The summed E-state index contributed by atoms with van der Waals surface area (Å²) in [7, 11) is 0. The average Bonchev–Trinajstić information content (AvgIpc) is 2.79. The lowest BCUT2D eigenvalue weighted by atomic mass is 9.87. The van der Waals surface area contributed by atoms with E-state index in [1.54, 1.807) is 0 Å². The van der Waals surface area contributed by atoms with Crippen LogP contribution in [0, 0.1) is 5.92 Å². The van der Waals surface area contributed by atoms with Gasteiger partial charge >= 0.3 is 11.9 Å². The maximum Gasteiger partial charge on any atom is 0.303 e. The van der Waals surface area contributed by atoms with Gasteiger partial charge in [0, 0.05) is 13.8 Å². The molecule has 0 amide bonds. The molecule has 1 heterocycles. The number of aliphatic hydroxyl groups is 1. The number of rotatable bonds is 10.